The maximum atomic E-state index is 5.48. The van der Waals surface area contributed by atoms with Crippen molar-refractivity contribution in [1.29, 1.82) is 0 Å². The van der Waals surface area contributed by atoms with Gasteiger partial charge in [-0.2, -0.15) is 11.3 Å². The van der Waals surface area contributed by atoms with Gasteiger partial charge >= 0.3 is 0 Å². The van der Waals surface area contributed by atoms with Gasteiger partial charge in [0.05, 0.1) is 19.3 Å². The summed E-state index contributed by atoms with van der Waals surface area (Å²) in [5.41, 5.74) is 1.44. The molecule has 1 aromatic heterocycles. The molecule has 0 aliphatic carbocycles. The minimum atomic E-state index is 0. The molecule has 0 spiro atoms. The fourth-order valence-electron chi connectivity index (χ4n) is 3.58. The summed E-state index contributed by atoms with van der Waals surface area (Å²) in [7, 11) is 1.84. The molecular weight excluding hydrogens is 485 g/mol. The van der Waals surface area contributed by atoms with Gasteiger partial charge in [0.15, 0.2) is 5.96 Å². The Hall–Kier alpha value is -0.420. The van der Waals surface area contributed by atoms with Crippen molar-refractivity contribution in [3.05, 3.63) is 22.4 Å². The van der Waals surface area contributed by atoms with Gasteiger partial charge in [0.2, 0.25) is 0 Å². The maximum Gasteiger partial charge on any atom is 0.191 e. The number of halogens is 1. The Morgan fingerprint density at radius 1 is 1.29 bits per heavy atom. The summed E-state index contributed by atoms with van der Waals surface area (Å²) in [6.45, 7) is 16.4. The predicted octanol–water partition coefficient (Wildman–Crippen LogP) is 3.02. The van der Waals surface area contributed by atoms with Crippen molar-refractivity contribution in [2.75, 3.05) is 59.5 Å². The number of morpholine rings is 1. The molecule has 2 heterocycles. The first-order valence-corrected chi connectivity index (χ1v) is 11.0. The number of hydrogen-bond acceptors (Lipinski definition) is 5. The Balaban J connectivity index is 0.00000392. The van der Waals surface area contributed by atoms with E-state index in [2.05, 4.69) is 69.9 Å². The van der Waals surface area contributed by atoms with Gasteiger partial charge in [-0.3, -0.25) is 14.8 Å². The van der Waals surface area contributed by atoms with Crippen LogP contribution in [0, 0.1) is 0 Å². The minimum absolute atomic E-state index is 0. The number of ether oxygens (including phenoxy) is 1. The van der Waals surface area contributed by atoms with E-state index in [9.17, 15) is 0 Å². The first-order chi connectivity index (χ1) is 13.0. The quantitative estimate of drug-likeness (QED) is 0.296. The Morgan fingerprint density at radius 3 is 2.50 bits per heavy atom. The third-order valence-electron chi connectivity index (χ3n) is 5.42. The third-order valence-corrected chi connectivity index (χ3v) is 6.12. The van der Waals surface area contributed by atoms with Gasteiger partial charge in [-0.15, -0.1) is 24.0 Å². The van der Waals surface area contributed by atoms with Gasteiger partial charge in [-0.05, 0) is 49.3 Å². The molecule has 1 aromatic rings. The molecule has 1 saturated heterocycles. The minimum Gasteiger partial charge on any atom is -0.379 e. The Kier molecular flexibility index (Phi) is 11.9. The highest BCUT2D eigenvalue weighted by Crippen LogP contribution is 2.22. The smallest absolute Gasteiger partial charge is 0.191 e. The van der Waals surface area contributed by atoms with Crippen molar-refractivity contribution in [2.24, 2.45) is 4.99 Å². The third kappa shape index (κ3) is 7.44. The number of nitrogens with zero attached hydrogens (tertiary/aromatic N) is 3. The van der Waals surface area contributed by atoms with Crippen molar-refractivity contribution in [3.63, 3.8) is 0 Å². The van der Waals surface area contributed by atoms with Gasteiger partial charge in [0.1, 0.15) is 0 Å². The van der Waals surface area contributed by atoms with Crippen molar-refractivity contribution in [1.82, 2.24) is 20.4 Å². The van der Waals surface area contributed by atoms with Crippen LogP contribution in [0.1, 0.15) is 39.3 Å². The highest BCUT2D eigenvalue weighted by Gasteiger charge is 2.28. The van der Waals surface area contributed by atoms with Crippen LogP contribution in [-0.4, -0.2) is 80.8 Å². The average Bonchev–Trinajstić information content (AvgIpc) is 3.22. The normalized spacial score (nSPS) is 17.3. The molecule has 0 amide bonds. The van der Waals surface area contributed by atoms with Crippen LogP contribution >= 0.6 is 35.3 Å². The van der Waals surface area contributed by atoms with Crippen LogP contribution in [0.15, 0.2) is 21.8 Å². The fourth-order valence-corrected chi connectivity index (χ4v) is 4.29. The Labute approximate surface area is 192 Å². The van der Waals surface area contributed by atoms with E-state index in [0.29, 0.717) is 6.04 Å². The molecule has 1 unspecified atom stereocenters. The van der Waals surface area contributed by atoms with Crippen molar-refractivity contribution in [3.8, 4) is 0 Å². The number of nitrogens with one attached hydrogen (secondary N) is 2. The molecule has 0 bridgehead atoms. The molecule has 1 aliphatic rings. The number of likely N-dealkylation sites (N-methyl/N-ethyl adjacent to an activating group) is 1. The molecule has 2 rings (SSSR count). The zero-order valence-corrected chi connectivity index (χ0v) is 21.2. The van der Waals surface area contributed by atoms with Gasteiger partial charge in [-0.25, -0.2) is 0 Å². The first kappa shape index (κ1) is 25.6. The summed E-state index contributed by atoms with van der Waals surface area (Å²) in [5.74, 6) is 0.865. The predicted molar refractivity (Wildman–Crippen MR) is 131 cm³/mol. The molecule has 8 heteroatoms. The summed E-state index contributed by atoms with van der Waals surface area (Å²) >= 11 is 1.76. The number of guanidine groups is 1. The standard InChI is InChI=1S/C20H37N5OS.HI/c1-6-24(7-2)18(17-8-13-27-15-17)14-22-19(21-5)23-16-20(3,4)25-9-11-26-12-10-25;/h8,13,15,18H,6-7,9-12,14,16H2,1-5H3,(H2,21,22,23);1H. The van der Waals surface area contributed by atoms with Gasteiger partial charge in [0.25, 0.3) is 0 Å². The lowest BCUT2D eigenvalue weighted by atomic mass is 10.0. The van der Waals surface area contributed by atoms with Crippen LogP contribution in [0.2, 0.25) is 0 Å². The van der Waals surface area contributed by atoms with Crippen molar-refractivity contribution >= 4 is 41.3 Å². The maximum absolute atomic E-state index is 5.48. The molecule has 1 fully saturated rings. The van der Waals surface area contributed by atoms with Crippen molar-refractivity contribution in [2.45, 2.75) is 39.3 Å². The van der Waals surface area contributed by atoms with E-state index < -0.39 is 0 Å². The fraction of sp³-hybridized carbons (Fsp3) is 0.750. The van der Waals surface area contributed by atoms with Crippen LogP contribution in [0.5, 0.6) is 0 Å². The molecule has 0 radical (unpaired) electrons. The van der Waals surface area contributed by atoms with Gasteiger partial charge in [-0.1, -0.05) is 13.8 Å². The Morgan fingerprint density at radius 2 is 1.96 bits per heavy atom. The Bertz CT molecular complexity index is 557. The van der Waals surface area contributed by atoms with Crippen LogP contribution < -0.4 is 10.6 Å². The lowest BCUT2D eigenvalue weighted by Crippen LogP contribution is -2.56. The van der Waals surface area contributed by atoms with Crippen molar-refractivity contribution < 1.29 is 4.74 Å². The monoisotopic (exact) mass is 523 g/mol. The van der Waals surface area contributed by atoms with E-state index in [4.69, 9.17) is 4.74 Å². The zero-order chi connectivity index (χ0) is 19.7. The van der Waals surface area contributed by atoms with E-state index in [1.54, 1.807) is 11.3 Å². The molecule has 162 valence electrons. The zero-order valence-electron chi connectivity index (χ0n) is 18.0. The molecule has 6 nitrogen and oxygen atoms in total. The van der Waals surface area contributed by atoms with E-state index in [1.165, 1.54) is 5.56 Å². The highest BCUT2D eigenvalue weighted by atomic mass is 127. The molecule has 2 N–H and O–H groups in total. The molecule has 0 saturated carbocycles. The lowest BCUT2D eigenvalue weighted by Gasteiger charge is -2.41. The second-order valence-corrected chi connectivity index (χ2v) is 8.29. The lowest BCUT2D eigenvalue weighted by molar-refractivity contribution is -0.00834. The van der Waals surface area contributed by atoms with Crippen LogP contribution in [0.3, 0.4) is 0 Å². The van der Waals surface area contributed by atoms with E-state index >= 15 is 0 Å². The van der Waals surface area contributed by atoms with Crippen LogP contribution in [0.25, 0.3) is 0 Å². The summed E-state index contributed by atoms with van der Waals surface area (Å²) in [6.07, 6.45) is 0. The van der Waals surface area contributed by atoms with E-state index in [0.717, 1.165) is 58.4 Å². The molecular formula is C20H38IN5OS. The number of hydrogen-bond donors (Lipinski definition) is 2. The first-order valence-electron chi connectivity index (χ1n) is 10.0. The van der Waals surface area contributed by atoms with E-state index in [-0.39, 0.29) is 29.5 Å². The topological polar surface area (TPSA) is 52.1 Å². The summed E-state index contributed by atoms with van der Waals surface area (Å²) in [6, 6.07) is 2.59. The summed E-state index contributed by atoms with van der Waals surface area (Å²) in [4.78, 5) is 9.41. The highest BCUT2D eigenvalue weighted by molar-refractivity contribution is 14.0. The molecule has 1 atom stereocenters. The van der Waals surface area contributed by atoms with Gasteiger partial charge in [0, 0.05) is 38.8 Å². The number of thiophene rings is 1. The van der Waals surface area contributed by atoms with Gasteiger partial charge < -0.3 is 15.4 Å². The molecule has 1 aliphatic heterocycles. The summed E-state index contributed by atoms with van der Waals surface area (Å²) in [5, 5.41) is 11.5. The average molecular weight is 524 g/mol. The second-order valence-electron chi connectivity index (χ2n) is 7.51. The summed E-state index contributed by atoms with van der Waals surface area (Å²) < 4.78 is 5.48. The number of aliphatic imine (C=N–C) groups is 1. The van der Waals surface area contributed by atoms with Crippen LogP contribution in [0.4, 0.5) is 0 Å². The van der Waals surface area contributed by atoms with E-state index in [1.807, 2.05) is 7.05 Å². The largest absolute Gasteiger partial charge is 0.379 e. The number of rotatable bonds is 9. The molecule has 28 heavy (non-hydrogen) atoms. The SMILES string of the molecule is CCN(CC)C(CNC(=NC)NCC(C)(C)N1CCOCC1)c1ccsc1.I. The van der Waals surface area contributed by atoms with Crippen LogP contribution in [-0.2, 0) is 4.74 Å². The second kappa shape index (κ2) is 13.0. The molecule has 0 aromatic carbocycles.